The maximum Gasteiger partial charge on any atom is 0.0302 e. The van der Waals surface area contributed by atoms with Crippen LogP contribution >= 0.6 is 11.3 Å². The largest absolute Gasteiger partial charge is 0.310 e. The lowest BCUT2D eigenvalue weighted by Gasteiger charge is -2.13. The van der Waals surface area contributed by atoms with E-state index in [1.165, 1.54) is 47.4 Å². The van der Waals surface area contributed by atoms with Gasteiger partial charge in [-0.25, -0.2) is 0 Å². The second kappa shape index (κ2) is 8.76. The first-order valence-corrected chi connectivity index (χ1v) is 8.62. The van der Waals surface area contributed by atoms with E-state index in [9.17, 15) is 0 Å². The molecular formula is C17H31NS. The fourth-order valence-electron chi connectivity index (χ4n) is 2.54. The highest BCUT2D eigenvalue weighted by Gasteiger charge is 2.09. The highest BCUT2D eigenvalue weighted by Crippen LogP contribution is 2.26. The summed E-state index contributed by atoms with van der Waals surface area (Å²) >= 11 is 1.91. The maximum atomic E-state index is 3.66. The van der Waals surface area contributed by atoms with Crippen LogP contribution < -0.4 is 5.32 Å². The molecule has 0 saturated heterocycles. The molecule has 1 nitrogen and oxygen atoms in total. The van der Waals surface area contributed by atoms with Crippen LogP contribution in [0.1, 0.15) is 74.2 Å². The fourth-order valence-corrected chi connectivity index (χ4v) is 3.56. The van der Waals surface area contributed by atoms with Gasteiger partial charge in [0.2, 0.25) is 0 Å². The van der Waals surface area contributed by atoms with Crippen molar-refractivity contribution in [3.8, 4) is 0 Å². The van der Waals surface area contributed by atoms with E-state index in [1.807, 2.05) is 11.3 Å². The highest BCUT2D eigenvalue weighted by molar-refractivity contribution is 7.12. The maximum absolute atomic E-state index is 3.66. The summed E-state index contributed by atoms with van der Waals surface area (Å²) in [5.41, 5.74) is 1.49. The second-order valence-corrected chi connectivity index (χ2v) is 7.60. The van der Waals surface area contributed by atoms with Gasteiger partial charge in [0.1, 0.15) is 0 Å². The second-order valence-electron chi connectivity index (χ2n) is 6.14. The number of nitrogens with one attached hydrogen (secondary N) is 1. The van der Waals surface area contributed by atoms with Crippen molar-refractivity contribution >= 4 is 11.3 Å². The third-order valence-electron chi connectivity index (χ3n) is 3.70. The van der Waals surface area contributed by atoms with Crippen molar-refractivity contribution in [2.45, 2.75) is 72.8 Å². The molecule has 0 radical (unpaired) electrons. The summed E-state index contributed by atoms with van der Waals surface area (Å²) in [6, 6.07) is 2.83. The van der Waals surface area contributed by atoms with Gasteiger partial charge in [0.15, 0.2) is 0 Å². The van der Waals surface area contributed by atoms with Crippen LogP contribution in [0.3, 0.4) is 0 Å². The molecule has 0 saturated carbocycles. The molecule has 0 bridgehead atoms. The predicted molar refractivity (Wildman–Crippen MR) is 88.1 cm³/mol. The first kappa shape index (κ1) is 16.7. The lowest BCUT2D eigenvalue weighted by molar-refractivity contribution is 0.498. The quantitative estimate of drug-likeness (QED) is 0.579. The zero-order valence-corrected chi connectivity index (χ0v) is 14.2. The van der Waals surface area contributed by atoms with Crippen LogP contribution in [0.15, 0.2) is 6.07 Å². The van der Waals surface area contributed by atoms with Gasteiger partial charge in [-0.15, -0.1) is 11.3 Å². The average molecular weight is 282 g/mol. The summed E-state index contributed by atoms with van der Waals surface area (Å²) in [5, 5.41) is 3.66. The molecule has 0 amide bonds. The Balaban J connectivity index is 2.11. The van der Waals surface area contributed by atoms with Crippen LogP contribution in [0.4, 0.5) is 0 Å². The topological polar surface area (TPSA) is 12.0 Å². The van der Waals surface area contributed by atoms with Crippen molar-refractivity contribution in [2.75, 3.05) is 6.54 Å². The van der Waals surface area contributed by atoms with E-state index in [2.05, 4.69) is 46.0 Å². The molecule has 0 aliphatic carbocycles. The van der Waals surface area contributed by atoms with Crippen molar-refractivity contribution in [3.05, 3.63) is 21.4 Å². The van der Waals surface area contributed by atoms with Crippen LogP contribution in [0.2, 0.25) is 0 Å². The Morgan fingerprint density at radius 2 is 1.74 bits per heavy atom. The lowest BCUT2D eigenvalue weighted by atomic mass is 10.0. The smallest absolute Gasteiger partial charge is 0.0302 e. The molecule has 1 atom stereocenters. The molecule has 1 heterocycles. The Bertz CT molecular complexity index is 354. The first-order valence-electron chi connectivity index (χ1n) is 7.81. The number of hydrogen-bond donors (Lipinski definition) is 1. The van der Waals surface area contributed by atoms with Gasteiger partial charge in [-0.2, -0.15) is 0 Å². The zero-order valence-electron chi connectivity index (χ0n) is 13.4. The molecule has 19 heavy (non-hydrogen) atoms. The van der Waals surface area contributed by atoms with Crippen molar-refractivity contribution in [2.24, 2.45) is 5.92 Å². The molecule has 0 aliphatic rings. The number of thiophene rings is 1. The number of unbranched alkanes of at least 4 members (excludes halogenated alkanes) is 3. The molecular weight excluding hydrogens is 250 g/mol. The monoisotopic (exact) mass is 281 g/mol. The minimum absolute atomic E-state index is 0.501. The SMILES string of the molecule is Cc1cc(C(C)NCCCCCCC(C)C)c(C)s1. The van der Waals surface area contributed by atoms with E-state index in [-0.39, 0.29) is 0 Å². The zero-order chi connectivity index (χ0) is 14.3. The summed E-state index contributed by atoms with van der Waals surface area (Å²) in [6.07, 6.45) is 6.86. The normalized spacial score (nSPS) is 13.2. The van der Waals surface area contributed by atoms with Crippen LogP contribution in [0, 0.1) is 19.8 Å². The van der Waals surface area contributed by atoms with E-state index in [4.69, 9.17) is 0 Å². The number of hydrogen-bond acceptors (Lipinski definition) is 2. The van der Waals surface area contributed by atoms with Gasteiger partial charge in [-0.1, -0.05) is 39.5 Å². The van der Waals surface area contributed by atoms with Crippen LogP contribution in [-0.2, 0) is 0 Å². The molecule has 1 unspecified atom stereocenters. The summed E-state index contributed by atoms with van der Waals surface area (Å²) in [5.74, 6) is 0.864. The van der Waals surface area contributed by atoms with Crippen molar-refractivity contribution in [1.82, 2.24) is 5.32 Å². The Kier molecular flexibility index (Phi) is 7.70. The molecule has 2 heteroatoms. The Hall–Kier alpha value is -0.340. The van der Waals surface area contributed by atoms with Crippen LogP contribution in [0.5, 0.6) is 0 Å². The standard InChI is InChI=1S/C17H31NS/c1-13(2)10-8-6-7-9-11-18-15(4)17-12-14(3)19-16(17)5/h12-13,15,18H,6-11H2,1-5H3. The number of aryl methyl sites for hydroxylation is 2. The number of rotatable bonds is 9. The van der Waals surface area contributed by atoms with Gasteiger partial charge >= 0.3 is 0 Å². The van der Waals surface area contributed by atoms with Crippen molar-refractivity contribution in [3.63, 3.8) is 0 Å². The van der Waals surface area contributed by atoms with E-state index < -0.39 is 0 Å². The minimum atomic E-state index is 0.501. The van der Waals surface area contributed by atoms with Gasteiger partial charge in [0.25, 0.3) is 0 Å². The molecule has 0 aromatic carbocycles. The van der Waals surface area contributed by atoms with Gasteiger partial charge in [0.05, 0.1) is 0 Å². The Morgan fingerprint density at radius 1 is 1.05 bits per heavy atom. The fraction of sp³-hybridized carbons (Fsp3) is 0.765. The summed E-state index contributed by atoms with van der Waals surface area (Å²) in [4.78, 5) is 2.89. The molecule has 0 spiro atoms. The average Bonchev–Trinajstić information content (AvgIpc) is 2.66. The van der Waals surface area contributed by atoms with Gasteiger partial charge in [0, 0.05) is 15.8 Å². The van der Waals surface area contributed by atoms with Crippen LogP contribution in [0.25, 0.3) is 0 Å². The van der Waals surface area contributed by atoms with Crippen molar-refractivity contribution in [1.29, 1.82) is 0 Å². The summed E-state index contributed by atoms with van der Waals surface area (Å²) in [7, 11) is 0. The van der Waals surface area contributed by atoms with E-state index in [0.29, 0.717) is 6.04 Å². The van der Waals surface area contributed by atoms with Crippen molar-refractivity contribution < 1.29 is 0 Å². The molecule has 1 aromatic rings. The molecule has 1 rings (SSSR count). The predicted octanol–water partition coefficient (Wildman–Crippen LogP) is 5.62. The third-order valence-corrected chi connectivity index (χ3v) is 4.69. The highest BCUT2D eigenvalue weighted by atomic mass is 32.1. The molecule has 110 valence electrons. The van der Waals surface area contributed by atoms with Gasteiger partial charge in [-0.05, 0) is 51.3 Å². The molecule has 1 aromatic heterocycles. The molecule has 0 aliphatic heterocycles. The lowest BCUT2D eigenvalue weighted by Crippen LogP contribution is -2.19. The van der Waals surface area contributed by atoms with E-state index >= 15 is 0 Å². The molecule has 1 N–H and O–H groups in total. The molecule has 0 fully saturated rings. The summed E-state index contributed by atoms with van der Waals surface area (Å²) < 4.78 is 0. The Labute approximate surface area is 123 Å². The Morgan fingerprint density at radius 3 is 2.32 bits per heavy atom. The van der Waals surface area contributed by atoms with E-state index in [0.717, 1.165) is 12.5 Å². The van der Waals surface area contributed by atoms with Crippen LogP contribution in [-0.4, -0.2) is 6.54 Å². The first-order chi connectivity index (χ1) is 9.00. The van der Waals surface area contributed by atoms with E-state index in [1.54, 1.807) is 0 Å². The minimum Gasteiger partial charge on any atom is -0.310 e. The van der Waals surface area contributed by atoms with Gasteiger partial charge in [-0.3, -0.25) is 0 Å². The summed E-state index contributed by atoms with van der Waals surface area (Å²) in [6.45, 7) is 12.5. The third kappa shape index (κ3) is 6.58. The van der Waals surface area contributed by atoms with Gasteiger partial charge < -0.3 is 5.32 Å².